The van der Waals surface area contributed by atoms with Gasteiger partial charge in [0.1, 0.15) is 18.0 Å². The van der Waals surface area contributed by atoms with Crippen LogP contribution in [0.2, 0.25) is 0 Å². The fourth-order valence-corrected chi connectivity index (χ4v) is 3.22. The molecule has 1 saturated heterocycles. The molecule has 2 aromatic carbocycles. The lowest BCUT2D eigenvalue weighted by Gasteiger charge is -2.38. The zero-order valence-corrected chi connectivity index (χ0v) is 14.4. The van der Waals surface area contributed by atoms with Crippen molar-refractivity contribution in [1.82, 2.24) is 4.90 Å². The number of piperidine rings is 1. The van der Waals surface area contributed by atoms with Gasteiger partial charge in [0.2, 0.25) is 6.79 Å². The number of rotatable bonds is 4. The standard InChI is InChI=1S/C20H21NO5/c22-19(15-6-7-17-18(12-15)26-14-25-17)21-10-8-20(23,9-11-21)13-24-16-4-2-1-3-5-16/h1-7,12,23H,8-11,13-14H2. The highest BCUT2D eigenvalue weighted by Crippen LogP contribution is 2.33. The first-order valence-electron chi connectivity index (χ1n) is 8.72. The van der Waals surface area contributed by atoms with E-state index in [-0.39, 0.29) is 19.3 Å². The number of carbonyl (C=O) groups is 1. The van der Waals surface area contributed by atoms with Crippen molar-refractivity contribution in [3.05, 3.63) is 54.1 Å². The van der Waals surface area contributed by atoms with Gasteiger partial charge in [-0.25, -0.2) is 0 Å². The summed E-state index contributed by atoms with van der Waals surface area (Å²) in [6.07, 6.45) is 0.965. The van der Waals surface area contributed by atoms with Crippen LogP contribution in [0.4, 0.5) is 0 Å². The van der Waals surface area contributed by atoms with Crippen LogP contribution in [0.15, 0.2) is 48.5 Å². The monoisotopic (exact) mass is 355 g/mol. The van der Waals surface area contributed by atoms with Crippen molar-refractivity contribution in [2.24, 2.45) is 0 Å². The zero-order valence-electron chi connectivity index (χ0n) is 14.4. The van der Waals surface area contributed by atoms with Gasteiger partial charge in [-0.15, -0.1) is 0 Å². The average Bonchev–Trinajstić information content (AvgIpc) is 3.15. The van der Waals surface area contributed by atoms with Crippen LogP contribution >= 0.6 is 0 Å². The molecule has 1 amide bonds. The topological polar surface area (TPSA) is 68.2 Å². The van der Waals surface area contributed by atoms with E-state index in [1.54, 1.807) is 23.1 Å². The molecule has 6 nitrogen and oxygen atoms in total. The van der Waals surface area contributed by atoms with Gasteiger partial charge in [0.25, 0.3) is 5.91 Å². The highest BCUT2D eigenvalue weighted by Gasteiger charge is 2.35. The number of para-hydroxylation sites is 1. The van der Waals surface area contributed by atoms with Gasteiger partial charge in [0.05, 0.1) is 0 Å². The van der Waals surface area contributed by atoms with Gasteiger partial charge in [-0.2, -0.15) is 0 Å². The van der Waals surface area contributed by atoms with E-state index in [0.717, 1.165) is 5.75 Å². The molecule has 0 atom stereocenters. The van der Waals surface area contributed by atoms with Crippen molar-refractivity contribution in [2.45, 2.75) is 18.4 Å². The van der Waals surface area contributed by atoms with Gasteiger partial charge >= 0.3 is 0 Å². The van der Waals surface area contributed by atoms with Crippen LogP contribution < -0.4 is 14.2 Å². The van der Waals surface area contributed by atoms with Gasteiger partial charge in [-0.1, -0.05) is 18.2 Å². The molecule has 0 aliphatic carbocycles. The molecule has 2 aliphatic heterocycles. The van der Waals surface area contributed by atoms with Crippen LogP contribution in [-0.4, -0.2) is 48.0 Å². The molecule has 2 aliphatic rings. The molecule has 2 heterocycles. The van der Waals surface area contributed by atoms with Gasteiger partial charge in [-0.05, 0) is 43.2 Å². The highest BCUT2D eigenvalue weighted by molar-refractivity contribution is 5.95. The Labute approximate surface area is 151 Å². The quantitative estimate of drug-likeness (QED) is 0.912. The Morgan fingerprint density at radius 2 is 1.81 bits per heavy atom. The maximum atomic E-state index is 12.7. The van der Waals surface area contributed by atoms with Gasteiger partial charge in [0.15, 0.2) is 11.5 Å². The van der Waals surface area contributed by atoms with Crippen molar-refractivity contribution in [3.63, 3.8) is 0 Å². The Morgan fingerprint density at radius 3 is 2.58 bits per heavy atom. The summed E-state index contributed by atoms with van der Waals surface area (Å²) in [6, 6.07) is 14.6. The summed E-state index contributed by atoms with van der Waals surface area (Å²) in [5.41, 5.74) is -0.346. The second-order valence-electron chi connectivity index (χ2n) is 6.69. The zero-order chi connectivity index (χ0) is 18.0. The largest absolute Gasteiger partial charge is 0.491 e. The predicted molar refractivity (Wildman–Crippen MR) is 94.6 cm³/mol. The number of ether oxygens (including phenoxy) is 3. The maximum absolute atomic E-state index is 12.7. The Balaban J connectivity index is 1.34. The minimum absolute atomic E-state index is 0.0608. The van der Waals surface area contributed by atoms with Crippen molar-refractivity contribution in [2.75, 3.05) is 26.5 Å². The molecule has 0 aromatic heterocycles. The van der Waals surface area contributed by atoms with Crippen molar-refractivity contribution >= 4 is 5.91 Å². The Bertz CT molecular complexity index is 784. The van der Waals surface area contributed by atoms with E-state index in [1.807, 2.05) is 30.3 Å². The lowest BCUT2D eigenvalue weighted by molar-refractivity contribution is -0.0475. The Morgan fingerprint density at radius 1 is 1.08 bits per heavy atom. The summed E-state index contributed by atoms with van der Waals surface area (Å²) >= 11 is 0. The summed E-state index contributed by atoms with van der Waals surface area (Å²) in [7, 11) is 0. The molecule has 1 fully saturated rings. The SMILES string of the molecule is O=C(c1ccc2c(c1)OCO2)N1CCC(O)(COc2ccccc2)CC1. The fraction of sp³-hybridized carbons (Fsp3) is 0.350. The average molecular weight is 355 g/mol. The summed E-state index contributed by atoms with van der Waals surface area (Å²) in [5, 5.41) is 10.7. The molecule has 26 heavy (non-hydrogen) atoms. The molecule has 136 valence electrons. The molecule has 0 radical (unpaired) electrons. The third-order valence-electron chi connectivity index (χ3n) is 4.85. The second-order valence-corrected chi connectivity index (χ2v) is 6.69. The van der Waals surface area contributed by atoms with E-state index in [4.69, 9.17) is 14.2 Å². The summed E-state index contributed by atoms with van der Waals surface area (Å²) in [6.45, 7) is 1.39. The van der Waals surface area contributed by atoms with Gasteiger partial charge in [0, 0.05) is 18.7 Å². The predicted octanol–water partition coefficient (Wildman–Crippen LogP) is 2.46. The summed E-state index contributed by atoms with van der Waals surface area (Å²) < 4.78 is 16.3. The molecule has 0 bridgehead atoms. The number of carbonyl (C=O) groups excluding carboxylic acids is 1. The fourth-order valence-electron chi connectivity index (χ4n) is 3.22. The smallest absolute Gasteiger partial charge is 0.253 e. The van der Waals surface area contributed by atoms with Gasteiger partial charge in [-0.3, -0.25) is 4.79 Å². The summed E-state index contributed by atoms with van der Waals surface area (Å²) in [4.78, 5) is 14.5. The van der Waals surface area contributed by atoms with Gasteiger partial charge < -0.3 is 24.2 Å². The van der Waals surface area contributed by atoms with Crippen LogP contribution in [-0.2, 0) is 0 Å². The number of amides is 1. The minimum Gasteiger partial charge on any atom is -0.491 e. The van der Waals surface area contributed by atoms with Crippen molar-refractivity contribution in [1.29, 1.82) is 0 Å². The lowest BCUT2D eigenvalue weighted by Crippen LogP contribution is -2.49. The number of benzene rings is 2. The van der Waals surface area contributed by atoms with E-state index in [9.17, 15) is 9.90 Å². The minimum atomic E-state index is -0.915. The molecular weight excluding hydrogens is 334 g/mol. The third-order valence-corrected chi connectivity index (χ3v) is 4.85. The first kappa shape index (κ1) is 16.7. The molecular formula is C20H21NO5. The molecule has 6 heteroatoms. The molecule has 1 N–H and O–H groups in total. The van der Waals surface area contributed by atoms with E-state index in [2.05, 4.69) is 0 Å². The van der Waals surface area contributed by atoms with Crippen LogP contribution in [0.1, 0.15) is 23.2 Å². The lowest BCUT2D eigenvalue weighted by atomic mass is 9.92. The maximum Gasteiger partial charge on any atom is 0.253 e. The van der Waals surface area contributed by atoms with E-state index >= 15 is 0 Å². The number of nitrogens with zero attached hydrogens (tertiary/aromatic N) is 1. The third kappa shape index (κ3) is 3.46. The van der Waals surface area contributed by atoms with E-state index in [0.29, 0.717) is 43.0 Å². The molecule has 2 aromatic rings. The Hall–Kier alpha value is -2.73. The Kier molecular flexibility index (Phi) is 4.42. The highest BCUT2D eigenvalue weighted by atomic mass is 16.7. The van der Waals surface area contributed by atoms with Crippen molar-refractivity contribution in [3.8, 4) is 17.2 Å². The summed E-state index contributed by atoms with van der Waals surface area (Å²) in [5.74, 6) is 1.93. The molecule has 4 rings (SSSR count). The van der Waals surface area contributed by atoms with Crippen LogP contribution in [0.25, 0.3) is 0 Å². The molecule has 0 unspecified atom stereocenters. The van der Waals surface area contributed by atoms with Crippen molar-refractivity contribution < 1.29 is 24.1 Å². The first-order chi connectivity index (χ1) is 12.6. The normalized spacial score (nSPS) is 17.8. The second kappa shape index (κ2) is 6.88. The molecule has 0 spiro atoms. The molecule has 0 saturated carbocycles. The number of aliphatic hydroxyl groups is 1. The first-order valence-corrected chi connectivity index (χ1v) is 8.72. The number of fused-ring (bicyclic) bond motifs is 1. The van der Waals surface area contributed by atoms with E-state index in [1.165, 1.54) is 0 Å². The van der Waals surface area contributed by atoms with Crippen LogP contribution in [0.5, 0.6) is 17.2 Å². The number of hydrogen-bond acceptors (Lipinski definition) is 5. The number of hydrogen-bond donors (Lipinski definition) is 1. The van der Waals surface area contributed by atoms with Crippen LogP contribution in [0.3, 0.4) is 0 Å². The van der Waals surface area contributed by atoms with Crippen LogP contribution in [0, 0.1) is 0 Å². The van der Waals surface area contributed by atoms with E-state index < -0.39 is 5.60 Å². The number of likely N-dealkylation sites (tertiary alicyclic amines) is 1.